The van der Waals surface area contributed by atoms with Gasteiger partial charge in [-0.15, -0.1) is 0 Å². The molecule has 166 valence electrons. The lowest BCUT2D eigenvalue weighted by Gasteiger charge is -2.19. The molecule has 0 aromatic heterocycles. The number of unbranched alkanes of at least 4 members (excludes halogenated alkanes) is 4. The van der Waals surface area contributed by atoms with E-state index in [4.69, 9.17) is 0 Å². The van der Waals surface area contributed by atoms with E-state index in [1.165, 1.54) is 49.5 Å². The van der Waals surface area contributed by atoms with Crippen LogP contribution in [0.2, 0.25) is 0 Å². The summed E-state index contributed by atoms with van der Waals surface area (Å²) in [6.45, 7) is 2.81. The average Bonchev–Trinajstić information content (AvgIpc) is 2.79. The zero-order chi connectivity index (χ0) is 22.6. The summed E-state index contributed by atoms with van der Waals surface area (Å²) >= 11 is 0. The summed E-state index contributed by atoms with van der Waals surface area (Å²) in [6, 6.07) is 11.7. The van der Waals surface area contributed by atoms with Crippen molar-refractivity contribution in [1.82, 2.24) is 5.32 Å². The molecule has 2 aromatic rings. The number of rotatable bonds is 10. The number of hydrogen-bond donors (Lipinski definition) is 1. The number of ether oxygens (including phenoxy) is 1. The van der Waals surface area contributed by atoms with E-state index in [-0.39, 0.29) is 6.03 Å². The predicted octanol–water partition coefficient (Wildman–Crippen LogP) is 5.80. The number of carbonyl (C=O) groups is 2. The zero-order valence-electron chi connectivity index (χ0n) is 18.5. The first kappa shape index (κ1) is 24.1. The standard InChI is InChI=1S/C25H31FN2O3/c1-4-5-6-7-8-16-27-25(30)28(2)21-11-9-10-20(18-21)22-14-12-19(17-23(22)26)13-15-24(29)31-3/h9-15,17-18H,4-8,16H2,1-3H3,(H,27,30). The van der Waals surface area contributed by atoms with Crippen molar-refractivity contribution in [3.8, 4) is 11.1 Å². The second kappa shape index (κ2) is 12.5. The van der Waals surface area contributed by atoms with Gasteiger partial charge in [-0.2, -0.15) is 0 Å². The van der Waals surface area contributed by atoms with Gasteiger partial charge in [0, 0.05) is 30.9 Å². The lowest BCUT2D eigenvalue weighted by Crippen LogP contribution is -2.37. The maximum Gasteiger partial charge on any atom is 0.330 e. The van der Waals surface area contributed by atoms with Crippen LogP contribution < -0.4 is 10.2 Å². The van der Waals surface area contributed by atoms with E-state index in [0.717, 1.165) is 12.8 Å². The number of amides is 2. The lowest BCUT2D eigenvalue weighted by atomic mass is 10.0. The fourth-order valence-corrected chi connectivity index (χ4v) is 3.14. The van der Waals surface area contributed by atoms with Crippen molar-refractivity contribution in [2.75, 3.05) is 25.6 Å². The lowest BCUT2D eigenvalue weighted by molar-refractivity contribution is -0.134. The van der Waals surface area contributed by atoms with Crippen molar-refractivity contribution in [2.45, 2.75) is 39.0 Å². The molecule has 0 saturated heterocycles. The number of benzene rings is 2. The van der Waals surface area contributed by atoms with Gasteiger partial charge in [-0.25, -0.2) is 14.0 Å². The Morgan fingerprint density at radius 2 is 1.87 bits per heavy atom. The molecule has 0 unspecified atom stereocenters. The topological polar surface area (TPSA) is 58.6 Å². The molecule has 0 fully saturated rings. The van der Waals surface area contributed by atoms with Crippen LogP contribution in [-0.4, -0.2) is 32.7 Å². The van der Waals surface area contributed by atoms with Gasteiger partial charge >= 0.3 is 12.0 Å². The van der Waals surface area contributed by atoms with Crippen LogP contribution in [0.3, 0.4) is 0 Å². The quantitative estimate of drug-likeness (QED) is 0.297. The highest BCUT2D eigenvalue weighted by Crippen LogP contribution is 2.27. The second-order valence-corrected chi connectivity index (χ2v) is 7.35. The first-order valence-electron chi connectivity index (χ1n) is 10.6. The summed E-state index contributed by atoms with van der Waals surface area (Å²) < 4.78 is 19.2. The minimum absolute atomic E-state index is 0.184. The minimum atomic E-state index is -0.501. The van der Waals surface area contributed by atoms with E-state index in [0.29, 0.717) is 28.9 Å². The van der Waals surface area contributed by atoms with Crippen LogP contribution >= 0.6 is 0 Å². The Kier molecular flexibility index (Phi) is 9.75. The SMILES string of the molecule is CCCCCCCNC(=O)N(C)c1cccc(-c2ccc(C=CC(=O)OC)cc2F)c1. The number of urea groups is 1. The van der Waals surface area contributed by atoms with Crippen molar-refractivity contribution in [2.24, 2.45) is 0 Å². The normalized spacial score (nSPS) is 10.8. The highest BCUT2D eigenvalue weighted by atomic mass is 19.1. The van der Waals surface area contributed by atoms with Gasteiger partial charge < -0.3 is 10.1 Å². The van der Waals surface area contributed by atoms with E-state index in [9.17, 15) is 14.0 Å². The highest BCUT2D eigenvalue weighted by molar-refractivity contribution is 5.92. The van der Waals surface area contributed by atoms with Crippen LogP contribution in [0, 0.1) is 5.82 Å². The number of hydrogen-bond acceptors (Lipinski definition) is 3. The van der Waals surface area contributed by atoms with Crippen LogP contribution in [0.15, 0.2) is 48.5 Å². The summed E-state index contributed by atoms with van der Waals surface area (Å²) in [4.78, 5) is 25.2. The molecule has 2 rings (SSSR count). The summed E-state index contributed by atoms with van der Waals surface area (Å²) in [7, 11) is 2.98. The molecule has 31 heavy (non-hydrogen) atoms. The number of esters is 1. The van der Waals surface area contributed by atoms with E-state index in [2.05, 4.69) is 17.0 Å². The van der Waals surface area contributed by atoms with E-state index in [1.807, 2.05) is 6.07 Å². The van der Waals surface area contributed by atoms with Gasteiger partial charge in [0.15, 0.2) is 0 Å². The third-order valence-electron chi connectivity index (χ3n) is 5.01. The fourth-order valence-electron chi connectivity index (χ4n) is 3.14. The molecule has 2 aromatic carbocycles. The molecule has 0 heterocycles. The third-order valence-corrected chi connectivity index (χ3v) is 5.01. The Labute approximate surface area is 183 Å². The Balaban J connectivity index is 2.04. The van der Waals surface area contributed by atoms with E-state index in [1.54, 1.807) is 37.4 Å². The largest absolute Gasteiger partial charge is 0.466 e. The average molecular weight is 427 g/mol. The number of anilines is 1. The van der Waals surface area contributed by atoms with Crippen LogP contribution in [0.5, 0.6) is 0 Å². The van der Waals surface area contributed by atoms with Gasteiger partial charge in [-0.05, 0) is 41.8 Å². The van der Waals surface area contributed by atoms with Crippen LogP contribution in [-0.2, 0) is 9.53 Å². The number of nitrogens with zero attached hydrogens (tertiary/aromatic N) is 1. The van der Waals surface area contributed by atoms with Crippen molar-refractivity contribution >= 4 is 23.8 Å². The Morgan fingerprint density at radius 3 is 2.58 bits per heavy atom. The molecule has 0 aliphatic carbocycles. The van der Waals surface area contributed by atoms with Gasteiger partial charge in [0.2, 0.25) is 0 Å². The van der Waals surface area contributed by atoms with Crippen molar-refractivity contribution in [3.05, 3.63) is 59.9 Å². The predicted molar refractivity (Wildman–Crippen MR) is 123 cm³/mol. The summed E-state index contributed by atoms with van der Waals surface area (Å²) in [5.41, 5.74) is 2.31. The molecule has 5 nitrogen and oxygen atoms in total. The van der Waals surface area contributed by atoms with Gasteiger partial charge in [-0.3, -0.25) is 4.90 Å². The Bertz CT molecular complexity index is 911. The maximum absolute atomic E-state index is 14.7. The van der Waals surface area contributed by atoms with E-state index >= 15 is 0 Å². The van der Waals surface area contributed by atoms with Crippen LogP contribution in [0.1, 0.15) is 44.6 Å². The third kappa shape index (κ3) is 7.55. The molecule has 1 N–H and O–H groups in total. The molecule has 0 saturated carbocycles. The molecular formula is C25H31FN2O3. The number of methoxy groups -OCH3 is 1. The Morgan fingerprint density at radius 1 is 1.10 bits per heavy atom. The summed E-state index contributed by atoms with van der Waals surface area (Å²) in [5.74, 6) is -0.914. The molecule has 0 bridgehead atoms. The summed E-state index contributed by atoms with van der Waals surface area (Å²) in [6.07, 6.45) is 8.41. The fraction of sp³-hybridized carbons (Fsp3) is 0.360. The number of halogens is 1. The first-order valence-corrected chi connectivity index (χ1v) is 10.6. The molecule has 6 heteroatoms. The smallest absolute Gasteiger partial charge is 0.330 e. The maximum atomic E-state index is 14.7. The molecule has 0 atom stereocenters. The van der Waals surface area contributed by atoms with Gasteiger partial charge in [0.05, 0.1) is 7.11 Å². The summed E-state index contributed by atoms with van der Waals surface area (Å²) in [5, 5.41) is 2.93. The molecule has 0 spiro atoms. The molecule has 2 amide bonds. The molecule has 0 aliphatic rings. The van der Waals surface area contributed by atoms with Crippen LogP contribution in [0.4, 0.5) is 14.9 Å². The highest BCUT2D eigenvalue weighted by Gasteiger charge is 2.12. The van der Waals surface area contributed by atoms with Crippen molar-refractivity contribution in [1.29, 1.82) is 0 Å². The van der Waals surface area contributed by atoms with Gasteiger partial charge in [0.25, 0.3) is 0 Å². The van der Waals surface area contributed by atoms with Gasteiger partial charge in [0.1, 0.15) is 5.82 Å². The monoisotopic (exact) mass is 426 g/mol. The number of nitrogens with one attached hydrogen (secondary N) is 1. The molecule has 0 radical (unpaired) electrons. The first-order chi connectivity index (χ1) is 15.0. The second-order valence-electron chi connectivity index (χ2n) is 7.35. The minimum Gasteiger partial charge on any atom is -0.466 e. The van der Waals surface area contributed by atoms with E-state index < -0.39 is 11.8 Å². The molecule has 0 aliphatic heterocycles. The van der Waals surface area contributed by atoms with Crippen molar-refractivity contribution in [3.63, 3.8) is 0 Å². The Hall–Kier alpha value is -3.15. The van der Waals surface area contributed by atoms with Gasteiger partial charge in [-0.1, -0.05) is 56.9 Å². The number of carbonyl (C=O) groups excluding carboxylic acids is 2. The molecular weight excluding hydrogens is 395 g/mol. The zero-order valence-corrected chi connectivity index (χ0v) is 18.5. The van der Waals surface area contributed by atoms with Crippen LogP contribution in [0.25, 0.3) is 17.2 Å². The van der Waals surface area contributed by atoms with Crippen molar-refractivity contribution < 1.29 is 18.7 Å².